The van der Waals surface area contributed by atoms with E-state index in [0.29, 0.717) is 39.3 Å². The number of carbonyl (C=O) groups is 3. The SMILES string of the molecule is CCCNC(=O)[C@@H]1[C@H]2C(=O)N(CCCCCCO)C(C(=O)NCCN3CCOCC3)C23CC(C)[C@@]1(C)O3. The number of unbranched alkanes of at least 4 members (excludes halogenated alkanes) is 3. The molecular weight excluding hydrogens is 476 g/mol. The number of likely N-dealkylation sites (tertiary alicyclic amines) is 1. The molecule has 0 aromatic heterocycles. The molecule has 4 fully saturated rings. The third-order valence-electron chi connectivity index (χ3n) is 9.03. The average Bonchev–Trinajstić information content (AvgIpc) is 3.39. The fourth-order valence-corrected chi connectivity index (χ4v) is 7.04. The first-order valence-electron chi connectivity index (χ1n) is 14.3. The molecule has 3 N–H and O–H groups in total. The van der Waals surface area contributed by atoms with Crippen LogP contribution in [0, 0.1) is 17.8 Å². The normalized spacial score (nSPS) is 35.1. The molecule has 3 amide bonds. The highest BCUT2D eigenvalue weighted by atomic mass is 16.5. The Morgan fingerprint density at radius 3 is 2.46 bits per heavy atom. The van der Waals surface area contributed by atoms with Crippen LogP contribution < -0.4 is 10.6 Å². The van der Waals surface area contributed by atoms with Gasteiger partial charge in [0.05, 0.1) is 30.7 Å². The van der Waals surface area contributed by atoms with E-state index < -0.39 is 29.1 Å². The summed E-state index contributed by atoms with van der Waals surface area (Å²) in [4.78, 5) is 45.1. The summed E-state index contributed by atoms with van der Waals surface area (Å²) in [6, 6.07) is -0.749. The van der Waals surface area contributed by atoms with Crippen molar-refractivity contribution in [1.29, 1.82) is 0 Å². The number of aliphatic hydroxyl groups excluding tert-OH is 1. The van der Waals surface area contributed by atoms with E-state index in [9.17, 15) is 14.4 Å². The molecule has 4 rings (SSSR count). The monoisotopic (exact) mass is 522 g/mol. The van der Waals surface area contributed by atoms with Crippen LogP contribution in [0.2, 0.25) is 0 Å². The van der Waals surface area contributed by atoms with Crippen LogP contribution in [-0.4, -0.2) is 109 Å². The summed E-state index contributed by atoms with van der Waals surface area (Å²) in [7, 11) is 0. The van der Waals surface area contributed by atoms with E-state index in [1.54, 1.807) is 4.90 Å². The summed E-state index contributed by atoms with van der Waals surface area (Å²) in [5.41, 5.74) is -1.77. The Morgan fingerprint density at radius 1 is 1.05 bits per heavy atom. The van der Waals surface area contributed by atoms with Crippen molar-refractivity contribution in [3.05, 3.63) is 0 Å². The number of amides is 3. The summed E-state index contributed by atoms with van der Waals surface area (Å²) in [6.07, 6.45) is 4.60. The summed E-state index contributed by atoms with van der Waals surface area (Å²) < 4.78 is 12.1. The van der Waals surface area contributed by atoms with Gasteiger partial charge in [-0.1, -0.05) is 26.7 Å². The molecule has 4 heterocycles. The van der Waals surface area contributed by atoms with Crippen molar-refractivity contribution in [2.45, 2.75) is 76.5 Å². The Bertz CT molecular complexity index is 836. The van der Waals surface area contributed by atoms with Crippen LogP contribution in [0.1, 0.15) is 59.3 Å². The van der Waals surface area contributed by atoms with Crippen LogP contribution in [0.4, 0.5) is 0 Å². The Balaban J connectivity index is 1.55. The number of hydrogen-bond donors (Lipinski definition) is 3. The number of nitrogens with zero attached hydrogens (tertiary/aromatic N) is 2. The number of aliphatic hydroxyl groups is 1. The molecule has 1 spiro atoms. The van der Waals surface area contributed by atoms with E-state index in [4.69, 9.17) is 14.6 Å². The largest absolute Gasteiger partial charge is 0.396 e. The van der Waals surface area contributed by atoms with E-state index in [1.165, 1.54) is 0 Å². The van der Waals surface area contributed by atoms with Crippen molar-refractivity contribution in [3.63, 3.8) is 0 Å². The Kier molecular flexibility index (Phi) is 9.14. The molecule has 0 radical (unpaired) electrons. The van der Waals surface area contributed by atoms with Gasteiger partial charge in [0.1, 0.15) is 11.6 Å². The van der Waals surface area contributed by atoms with E-state index in [0.717, 1.165) is 51.7 Å². The van der Waals surface area contributed by atoms with Crippen LogP contribution in [0.5, 0.6) is 0 Å². The van der Waals surface area contributed by atoms with Gasteiger partial charge in [-0.3, -0.25) is 19.3 Å². The van der Waals surface area contributed by atoms with Crippen molar-refractivity contribution >= 4 is 17.7 Å². The highest BCUT2D eigenvalue weighted by molar-refractivity contribution is 5.99. The highest BCUT2D eigenvalue weighted by Crippen LogP contribution is 2.65. The highest BCUT2D eigenvalue weighted by Gasteiger charge is 2.79. The van der Waals surface area contributed by atoms with Crippen LogP contribution in [0.15, 0.2) is 0 Å². The lowest BCUT2D eigenvalue weighted by Gasteiger charge is -2.36. The second-order valence-electron chi connectivity index (χ2n) is 11.4. The number of morpholine rings is 1. The fourth-order valence-electron chi connectivity index (χ4n) is 7.04. The molecule has 3 unspecified atom stereocenters. The summed E-state index contributed by atoms with van der Waals surface area (Å²) in [5.74, 6) is -1.70. The average molecular weight is 523 g/mol. The molecule has 0 saturated carbocycles. The number of fused-ring (bicyclic) bond motifs is 1. The minimum absolute atomic E-state index is 0.0436. The van der Waals surface area contributed by atoms with Gasteiger partial charge in [0.15, 0.2) is 0 Å². The third-order valence-corrected chi connectivity index (χ3v) is 9.03. The molecule has 10 nitrogen and oxygen atoms in total. The maximum Gasteiger partial charge on any atom is 0.245 e. The lowest BCUT2D eigenvalue weighted by atomic mass is 9.62. The van der Waals surface area contributed by atoms with Crippen molar-refractivity contribution in [3.8, 4) is 0 Å². The molecule has 4 saturated heterocycles. The molecule has 4 aliphatic heterocycles. The molecule has 0 aliphatic carbocycles. The topological polar surface area (TPSA) is 120 Å². The summed E-state index contributed by atoms with van der Waals surface area (Å²) >= 11 is 0. The van der Waals surface area contributed by atoms with Gasteiger partial charge >= 0.3 is 0 Å². The lowest BCUT2D eigenvalue weighted by molar-refractivity contribution is -0.147. The molecule has 210 valence electrons. The smallest absolute Gasteiger partial charge is 0.245 e. The van der Waals surface area contributed by atoms with Crippen molar-refractivity contribution in [2.75, 3.05) is 59.1 Å². The number of rotatable bonds is 13. The van der Waals surface area contributed by atoms with Crippen LogP contribution in [0.25, 0.3) is 0 Å². The molecule has 0 aromatic carbocycles. The van der Waals surface area contributed by atoms with Gasteiger partial charge in [0.25, 0.3) is 0 Å². The first kappa shape index (κ1) is 28.3. The van der Waals surface area contributed by atoms with Gasteiger partial charge in [-0.2, -0.15) is 0 Å². The van der Waals surface area contributed by atoms with Crippen molar-refractivity contribution < 1.29 is 29.0 Å². The second-order valence-corrected chi connectivity index (χ2v) is 11.4. The number of hydrogen-bond acceptors (Lipinski definition) is 7. The number of carbonyl (C=O) groups excluding carboxylic acids is 3. The van der Waals surface area contributed by atoms with Gasteiger partial charge in [0.2, 0.25) is 17.7 Å². The molecular formula is C27H46N4O6. The first-order chi connectivity index (χ1) is 17.8. The third kappa shape index (κ3) is 5.27. The van der Waals surface area contributed by atoms with E-state index in [-0.39, 0.29) is 30.2 Å². The van der Waals surface area contributed by atoms with Crippen LogP contribution in [-0.2, 0) is 23.9 Å². The predicted molar refractivity (Wildman–Crippen MR) is 138 cm³/mol. The molecule has 6 atom stereocenters. The maximum atomic E-state index is 14.0. The number of ether oxygens (including phenoxy) is 2. The zero-order valence-corrected chi connectivity index (χ0v) is 22.8. The molecule has 37 heavy (non-hydrogen) atoms. The van der Waals surface area contributed by atoms with E-state index >= 15 is 0 Å². The molecule has 2 bridgehead atoms. The predicted octanol–water partition coefficient (Wildman–Crippen LogP) is 0.524. The van der Waals surface area contributed by atoms with Crippen LogP contribution >= 0.6 is 0 Å². The van der Waals surface area contributed by atoms with Gasteiger partial charge < -0.3 is 30.1 Å². The maximum absolute atomic E-state index is 14.0. The standard InChI is InChI=1S/C27H46N4O6/c1-4-9-28-23(33)20-21-25(35)31(11-7-5-6-8-15-32)22(27(21)18-19(2)26(20,3)37-27)24(34)29-10-12-30-13-16-36-17-14-30/h19-22,32H,4-18H2,1-3H3,(H,28,33)(H,29,34)/t19?,20-,21-,22?,26+,27?/m0/s1. The van der Waals surface area contributed by atoms with Crippen molar-refractivity contribution in [2.24, 2.45) is 17.8 Å². The quantitative estimate of drug-likeness (QED) is 0.302. The van der Waals surface area contributed by atoms with Gasteiger partial charge in [-0.15, -0.1) is 0 Å². The fraction of sp³-hybridized carbons (Fsp3) is 0.889. The Labute approximate surface area is 220 Å². The zero-order valence-electron chi connectivity index (χ0n) is 22.8. The van der Waals surface area contributed by atoms with E-state index in [1.807, 2.05) is 13.8 Å². The van der Waals surface area contributed by atoms with Gasteiger partial charge in [-0.05, 0) is 38.5 Å². The van der Waals surface area contributed by atoms with E-state index in [2.05, 4.69) is 22.5 Å². The molecule has 0 aromatic rings. The van der Waals surface area contributed by atoms with Crippen LogP contribution in [0.3, 0.4) is 0 Å². The van der Waals surface area contributed by atoms with Crippen molar-refractivity contribution in [1.82, 2.24) is 20.4 Å². The summed E-state index contributed by atoms with van der Waals surface area (Å²) in [6.45, 7) is 11.5. The van der Waals surface area contributed by atoms with Gasteiger partial charge in [-0.25, -0.2) is 0 Å². The second kappa shape index (κ2) is 12.0. The van der Waals surface area contributed by atoms with Gasteiger partial charge in [0, 0.05) is 45.9 Å². The molecule has 4 aliphatic rings. The lowest BCUT2D eigenvalue weighted by Crippen LogP contribution is -2.56. The zero-order chi connectivity index (χ0) is 26.6. The minimum Gasteiger partial charge on any atom is -0.396 e. The summed E-state index contributed by atoms with van der Waals surface area (Å²) in [5, 5.41) is 15.2. The Hall–Kier alpha value is -1.75. The number of nitrogens with one attached hydrogen (secondary N) is 2. The molecule has 10 heteroatoms. The first-order valence-corrected chi connectivity index (χ1v) is 14.3. The minimum atomic E-state index is -0.992. The Morgan fingerprint density at radius 2 is 1.76 bits per heavy atom.